The highest BCUT2D eigenvalue weighted by molar-refractivity contribution is 7.82. The number of para-hydroxylation sites is 1. The molecule has 0 saturated carbocycles. The molecule has 33 heavy (non-hydrogen) atoms. The zero-order chi connectivity index (χ0) is 23.2. The highest BCUT2D eigenvalue weighted by Gasteiger charge is 2.28. The zero-order valence-corrected chi connectivity index (χ0v) is 20.1. The van der Waals surface area contributed by atoms with Gasteiger partial charge in [0.2, 0.25) is 0 Å². The van der Waals surface area contributed by atoms with Crippen molar-refractivity contribution in [3.63, 3.8) is 0 Å². The summed E-state index contributed by atoms with van der Waals surface area (Å²) in [4.78, 5) is 19.9. The first-order valence-corrected chi connectivity index (χ1v) is 12.5. The minimum absolute atomic E-state index is 0.443. The van der Waals surface area contributed by atoms with Crippen molar-refractivity contribution in [2.75, 3.05) is 31.3 Å². The lowest BCUT2D eigenvalue weighted by Gasteiger charge is -2.29. The molecule has 174 valence electrons. The number of hydrogen-bond donors (Lipinski definition) is 0. The maximum atomic E-state index is 13.4. The van der Waals surface area contributed by atoms with Gasteiger partial charge in [0.25, 0.3) is 0 Å². The van der Waals surface area contributed by atoms with E-state index < -0.39 is 22.7 Å². The molecular weight excluding hydrogens is 438 g/mol. The minimum atomic E-state index is -1.24. The largest absolute Gasteiger partial charge is 0.443 e. The van der Waals surface area contributed by atoms with Crippen LogP contribution in [0, 0.1) is 0 Å². The lowest BCUT2D eigenvalue weighted by Crippen LogP contribution is -2.38. The standard InChI is InChI=1S/C25H29N3O4S/c1-25(2,3)32-24(29)28-21-9-5-4-8-18(21)16-23(28)20-17-19(33(30)26-12-6-13-26)10-11-22(20)27-14-7-15-31-27/h4-5,8-11,16-17H,6-7,12-15H2,1-3H3. The molecule has 1 atom stereocenters. The summed E-state index contributed by atoms with van der Waals surface area (Å²) in [5.41, 5.74) is 2.47. The number of anilines is 1. The number of ether oxygens (including phenoxy) is 1. The van der Waals surface area contributed by atoms with Crippen LogP contribution in [0.5, 0.6) is 0 Å². The quantitative estimate of drug-likeness (QED) is 0.543. The van der Waals surface area contributed by atoms with Crippen molar-refractivity contribution in [1.29, 1.82) is 0 Å². The van der Waals surface area contributed by atoms with Crippen molar-refractivity contribution in [3.05, 3.63) is 48.5 Å². The average Bonchev–Trinajstić information content (AvgIpc) is 3.38. The van der Waals surface area contributed by atoms with Crippen LogP contribution in [0.25, 0.3) is 22.2 Å². The zero-order valence-electron chi connectivity index (χ0n) is 19.2. The summed E-state index contributed by atoms with van der Waals surface area (Å²) in [6, 6.07) is 15.5. The smallest absolute Gasteiger partial charge is 0.419 e. The maximum Gasteiger partial charge on any atom is 0.419 e. The van der Waals surface area contributed by atoms with Gasteiger partial charge in [0.15, 0.2) is 0 Å². The van der Waals surface area contributed by atoms with E-state index in [0.717, 1.165) is 54.6 Å². The lowest BCUT2D eigenvalue weighted by molar-refractivity contribution is 0.0547. The van der Waals surface area contributed by atoms with E-state index in [1.165, 1.54) is 0 Å². The van der Waals surface area contributed by atoms with Gasteiger partial charge in [-0.3, -0.25) is 9.90 Å². The monoisotopic (exact) mass is 467 g/mol. The summed E-state index contributed by atoms with van der Waals surface area (Å²) >= 11 is 0. The van der Waals surface area contributed by atoms with Gasteiger partial charge in [0, 0.05) is 30.6 Å². The lowest BCUT2D eigenvalue weighted by atomic mass is 10.1. The molecule has 1 aromatic heterocycles. The first-order chi connectivity index (χ1) is 15.8. The first-order valence-electron chi connectivity index (χ1n) is 11.4. The van der Waals surface area contributed by atoms with Crippen LogP contribution in [0.1, 0.15) is 33.6 Å². The molecule has 3 aromatic rings. The van der Waals surface area contributed by atoms with Crippen molar-refractivity contribution < 1.29 is 18.6 Å². The number of hydrogen-bond acceptors (Lipinski definition) is 5. The van der Waals surface area contributed by atoms with Gasteiger partial charge in [-0.15, -0.1) is 0 Å². The summed E-state index contributed by atoms with van der Waals surface area (Å²) in [7, 11) is -1.24. The molecule has 1 unspecified atom stereocenters. The molecule has 2 aromatic carbocycles. The number of carbonyl (C=O) groups is 1. The van der Waals surface area contributed by atoms with Gasteiger partial charge < -0.3 is 4.74 Å². The molecule has 7 nitrogen and oxygen atoms in total. The molecule has 3 heterocycles. The van der Waals surface area contributed by atoms with E-state index in [1.807, 2.05) is 78.7 Å². The molecule has 2 aliphatic heterocycles. The van der Waals surface area contributed by atoms with Crippen LogP contribution < -0.4 is 5.06 Å². The Morgan fingerprint density at radius 1 is 1.03 bits per heavy atom. The van der Waals surface area contributed by atoms with Crippen molar-refractivity contribution in [2.45, 2.75) is 44.1 Å². The van der Waals surface area contributed by atoms with E-state index in [4.69, 9.17) is 9.57 Å². The first kappa shape index (κ1) is 22.1. The molecule has 2 aliphatic rings. The predicted molar refractivity (Wildman–Crippen MR) is 130 cm³/mol. The third-order valence-corrected chi connectivity index (χ3v) is 7.29. The molecular formula is C25H29N3O4S. The number of rotatable bonds is 4. The van der Waals surface area contributed by atoms with Gasteiger partial charge in [-0.2, -0.15) is 0 Å². The average molecular weight is 468 g/mol. The Bertz CT molecular complexity index is 1220. The van der Waals surface area contributed by atoms with Crippen LogP contribution in [-0.2, 0) is 20.6 Å². The van der Waals surface area contributed by atoms with E-state index >= 15 is 0 Å². The number of hydroxylamine groups is 1. The Balaban J connectivity index is 1.69. The van der Waals surface area contributed by atoms with Crippen LogP contribution in [0.4, 0.5) is 10.5 Å². The Hall–Kier alpha value is -2.68. The third-order valence-electron chi connectivity index (χ3n) is 5.80. The fourth-order valence-electron chi connectivity index (χ4n) is 4.14. The number of benzene rings is 2. The number of fused-ring (bicyclic) bond motifs is 1. The van der Waals surface area contributed by atoms with Gasteiger partial charge in [0.05, 0.1) is 28.4 Å². The molecule has 2 fully saturated rings. The van der Waals surface area contributed by atoms with E-state index in [-0.39, 0.29) is 0 Å². The number of aromatic nitrogens is 1. The van der Waals surface area contributed by atoms with Crippen molar-refractivity contribution >= 4 is 33.7 Å². The highest BCUT2D eigenvalue weighted by atomic mass is 32.2. The minimum Gasteiger partial charge on any atom is -0.443 e. The van der Waals surface area contributed by atoms with Crippen molar-refractivity contribution in [2.24, 2.45) is 0 Å². The number of carbonyl (C=O) groups excluding carboxylic acids is 1. The summed E-state index contributed by atoms with van der Waals surface area (Å²) in [6.45, 7) is 8.64. The SMILES string of the molecule is CC(C)(C)OC(=O)n1c(-c2cc(S(=O)N3CCC3)ccc2N2CCCO2)cc2ccccc21. The highest BCUT2D eigenvalue weighted by Crippen LogP contribution is 2.38. The Morgan fingerprint density at radius 3 is 2.48 bits per heavy atom. The van der Waals surface area contributed by atoms with Gasteiger partial charge in [-0.1, -0.05) is 18.2 Å². The van der Waals surface area contributed by atoms with Gasteiger partial charge in [-0.25, -0.2) is 17.9 Å². The van der Waals surface area contributed by atoms with Crippen LogP contribution in [-0.4, -0.2) is 51.0 Å². The summed E-state index contributed by atoms with van der Waals surface area (Å²) < 4.78 is 22.5. The fraction of sp³-hybridized carbons (Fsp3) is 0.400. The second-order valence-corrected chi connectivity index (χ2v) is 10.9. The Labute approximate surface area is 196 Å². The van der Waals surface area contributed by atoms with Crippen LogP contribution in [0.2, 0.25) is 0 Å². The molecule has 5 rings (SSSR count). The van der Waals surface area contributed by atoms with Gasteiger partial charge >= 0.3 is 6.09 Å². The Kier molecular flexibility index (Phi) is 5.76. The Morgan fingerprint density at radius 2 is 1.82 bits per heavy atom. The normalized spacial score (nSPS) is 17.8. The fourth-order valence-corrected chi connectivity index (χ4v) is 5.43. The van der Waals surface area contributed by atoms with E-state index in [0.29, 0.717) is 17.2 Å². The van der Waals surface area contributed by atoms with Crippen molar-refractivity contribution in [3.8, 4) is 11.3 Å². The van der Waals surface area contributed by atoms with Crippen LogP contribution in [0.3, 0.4) is 0 Å². The molecule has 0 radical (unpaired) electrons. The molecule has 8 heteroatoms. The predicted octanol–water partition coefficient (Wildman–Crippen LogP) is 4.96. The van der Waals surface area contributed by atoms with Gasteiger partial charge in [0.1, 0.15) is 16.6 Å². The molecule has 0 aliphatic carbocycles. The molecule has 0 bridgehead atoms. The molecule has 0 N–H and O–H groups in total. The summed E-state index contributed by atoms with van der Waals surface area (Å²) in [5, 5.41) is 2.80. The molecule has 2 saturated heterocycles. The van der Waals surface area contributed by atoms with E-state index in [2.05, 4.69) is 0 Å². The van der Waals surface area contributed by atoms with Crippen molar-refractivity contribution in [1.82, 2.24) is 8.87 Å². The second-order valence-electron chi connectivity index (χ2n) is 9.40. The molecule has 0 spiro atoms. The maximum absolute atomic E-state index is 13.4. The topological polar surface area (TPSA) is 64.0 Å². The van der Waals surface area contributed by atoms with E-state index in [1.54, 1.807) is 4.57 Å². The summed E-state index contributed by atoms with van der Waals surface area (Å²) in [5.74, 6) is 0. The molecule has 0 amide bonds. The third kappa shape index (κ3) is 4.30. The van der Waals surface area contributed by atoms with Crippen LogP contribution in [0.15, 0.2) is 53.4 Å². The van der Waals surface area contributed by atoms with Crippen LogP contribution >= 0.6 is 0 Å². The number of nitrogens with zero attached hydrogens (tertiary/aromatic N) is 3. The summed E-state index contributed by atoms with van der Waals surface area (Å²) in [6.07, 6.45) is 1.54. The van der Waals surface area contributed by atoms with E-state index in [9.17, 15) is 9.00 Å². The van der Waals surface area contributed by atoms with Gasteiger partial charge in [-0.05, 0) is 63.9 Å². The second kappa shape index (κ2) is 8.59.